The van der Waals surface area contributed by atoms with E-state index < -0.39 is 6.04 Å². The summed E-state index contributed by atoms with van der Waals surface area (Å²) < 4.78 is 18.8. The van der Waals surface area contributed by atoms with E-state index >= 15 is 0 Å². The smallest absolute Gasteiger partial charge is 0.132 e. The first-order valence-electron chi connectivity index (χ1n) is 5.46. The van der Waals surface area contributed by atoms with E-state index in [-0.39, 0.29) is 5.82 Å². The number of halogens is 2. The molecule has 4 heteroatoms. The van der Waals surface area contributed by atoms with Gasteiger partial charge in [0.1, 0.15) is 11.6 Å². The zero-order chi connectivity index (χ0) is 13.1. The third kappa shape index (κ3) is 2.63. The molecule has 2 N–H and O–H groups in total. The van der Waals surface area contributed by atoms with Crippen molar-refractivity contribution in [3.05, 3.63) is 64.4 Å². The fourth-order valence-corrected chi connectivity index (χ4v) is 1.97. The normalized spacial score (nSPS) is 12.2. The molecule has 0 spiro atoms. The van der Waals surface area contributed by atoms with E-state index in [2.05, 4.69) is 0 Å². The second kappa shape index (κ2) is 5.38. The van der Waals surface area contributed by atoms with Crippen LogP contribution in [0.15, 0.2) is 42.5 Å². The summed E-state index contributed by atoms with van der Waals surface area (Å²) in [4.78, 5) is 0. The Kier molecular flexibility index (Phi) is 3.84. The zero-order valence-corrected chi connectivity index (χ0v) is 10.6. The van der Waals surface area contributed by atoms with Gasteiger partial charge in [-0.25, -0.2) is 4.39 Å². The minimum absolute atomic E-state index is 0.387. The van der Waals surface area contributed by atoms with Crippen molar-refractivity contribution in [1.82, 2.24) is 0 Å². The Bertz CT molecular complexity index is 559. The van der Waals surface area contributed by atoms with E-state index in [1.807, 2.05) is 6.07 Å². The Hall–Kier alpha value is -1.58. The molecule has 0 bridgehead atoms. The lowest BCUT2D eigenvalue weighted by atomic mass is 9.99. The van der Waals surface area contributed by atoms with Crippen molar-refractivity contribution in [2.45, 2.75) is 6.04 Å². The first-order chi connectivity index (χ1) is 8.61. The van der Waals surface area contributed by atoms with Crippen molar-refractivity contribution in [2.75, 3.05) is 7.11 Å². The Morgan fingerprint density at radius 2 is 2.00 bits per heavy atom. The highest BCUT2D eigenvalue weighted by atomic mass is 35.5. The summed E-state index contributed by atoms with van der Waals surface area (Å²) in [6, 6.07) is 11.2. The van der Waals surface area contributed by atoms with Crippen molar-refractivity contribution < 1.29 is 9.13 Å². The second-order valence-corrected chi connectivity index (χ2v) is 4.36. The fourth-order valence-electron chi connectivity index (χ4n) is 1.77. The molecule has 94 valence electrons. The lowest BCUT2D eigenvalue weighted by Gasteiger charge is -2.14. The van der Waals surface area contributed by atoms with Gasteiger partial charge in [0.2, 0.25) is 0 Å². The van der Waals surface area contributed by atoms with Gasteiger partial charge in [-0.2, -0.15) is 0 Å². The molecular weight excluding hydrogens is 253 g/mol. The summed E-state index contributed by atoms with van der Waals surface area (Å²) in [5.41, 5.74) is 7.22. The number of hydrogen-bond donors (Lipinski definition) is 1. The summed E-state index contributed by atoms with van der Waals surface area (Å²) in [5, 5.41) is 0.580. The van der Waals surface area contributed by atoms with Crippen LogP contribution in [0, 0.1) is 5.82 Å². The van der Waals surface area contributed by atoms with Crippen molar-refractivity contribution >= 4 is 11.6 Å². The summed E-state index contributed by atoms with van der Waals surface area (Å²) in [5.74, 6) is 0.0800. The molecule has 18 heavy (non-hydrogen) atoms. The zero-order valence-electron chi connectivity index (χ0n) is 9.86. The molecule has 0 radical (unpaired) electrons. The first kappa shape index (κ1) is 12.9. The van der Waals surface area contributed by atoms with E-state index in [0.29, 0.717) is 16.3 Å². The summed E-state index contributed by atoms with van der Waals surface area (Å²) >= 11 is 5.89. The molecule has 0 aliphatic rings. The molecule has 0 aromatic heterocycles. The number of benzene rings is 2. The van der Waals surface area contributed by atoms with Crippen LogP contribution in [0.4, 0.5) is 4.39 Å². The van der Waals surface area contributed by atoms with Crippen LogP contribution in [0.1, 0.15) is 17.2 Å². The van der Waals surface area contributed by atoms with Gasteiger partial charge >= 0.3 is 0 Å². The largest absolute Gasteiger partial charge is 0.497 e. The van der Waals surface area contributed by atoms with E-state index in [9.17, 15) is 4.39 Å². The highest BCUT2D eigenvalue weighted by Crippen LogP contribution is 2.26. The molecule has 0 saturated heterocycles. The van der Waals surface area contributed by atoms with Gasteiger partial charge in [-0.05, 0) is 23.8 Å². The minimum atomic E-state index is -0.547. The number of rotatable bonds is 3. The van der Waals surface area contributed by atoms with Crippen LogP contribution in [0.5, 0.6) is 5.75 Å². The Balaban J connectivity index is 2.37. The highest BCUT2D eigenvalue weighted by molar-refractivity contribution is 6.30. The predicted octanol–water partition coefficient (Wildman–Crippen LogP) is 3.54. The third-order valence-corrected chi connectivity index (χ3v) is 2.99. The number of hydrogen-bond acceptors (Lipinski definition) is 2. The molecule has 0 aliphatic heterocycles. The van der Waals surface area contributed by atoms with Crippen LogP contribution < -0.4 is 10.5 Å². The van der Waals surface area contributed by atoms with Crippen LogP contribution in [0.2, 0.25) is 5.02 Å². The Morgan fingerprint density at radius 3 is 2.61 bits per heavy atom. The molecular formula is C14H13ClFNO. The summed E-state index contributed by atoms with van der Waals surface area (Å²) in [7, 11) is 1.49. The van der Waals surface area contributed by atoms with Crippen LogP contribution in [-0.2, 0) is 0 Å². The molecule has 0 aliphatic carbocycles. The molecule has 2 nitrogen and oxygen atoms in total. The number of nitrogens with two attached hydrogens (primary N) is 1. The molecule has 2 aromatic rings. The van der Waals surface area contributed by atoms with Crippen molar-refractivity contribution in [3.63, 3.8) is 0 Å². The topological polar surface area (TPSA) is 35.2 Å². The molecule has 1 unspecified atom stereocenters. The maximum absolute atomic E-state index is 13.9. The molecule has 0 saturated carbocycles. The second-order valence-electron chi connectivity index (χ2n) is 3.92. The quantitative estimate of drug-likeness (QED) is 0.921. The van der Waals surface area contributed by atoms with E-state index in [4.69, 9.17) is 22.1 Å². The van der Waals surface area contributed by atoms with E-state index in [0.717, 1.165) is 5.56 Å². The average Bonchev–Trinajstić information content (AvgIpc) is 2.37. The van der Waals surface area contributed by atoms with Crippen LogP contribution in [0.3, 0.4) is 0 Å². The van der Waals surface area contributed by atoms with Gasteiger partial charge in [0, 0.05) is 16.7 Å². The molecule has 2 aromatic carbocycles. The van der Waals surface area contributed by atoms with Gasteiger partial charge in [0.25, 0.3) is 0 Å². The molecule has 2 rings (SSSR count). The van der Waals surface area contributed by atoms with Crippen molar-refractivity contribution in [1.29, 1.82) is 0 Å². The number of methoxy groups -OCH3 is 1. The van der Waals surface area contributed by atoms with Gasteiger partial charge in [-0.1, -0.05) is 29.8 Å². The van der Waals surface area contributed by atoms with E-state index in [1.165, 1.54) is 13.2 Å². The van der Waals surface area contributed by atoms with Crippen molar-refractivity contribution in [2.24, 2.45) is 5.73 Å². The summed E-state index contributed by atoms with van der Waals surface area (Å²) in [6.45, 7) is 0. The monoisotopic (exact) mass is 265 g/mol. The van der Waals surface area contributed by atoms with Gasteiger partial charge in [0.05, 0.1) is 13.2 Å². The van der Waals surface area contributed by atoms with Crippen LogP contribution >= 0.6 is 11.6 Å². The lowest BCUT2D eigenvalue weighted by molar-refractivity contribution is 0.410. The Labute approximate surface area is 110 Å². The highest BCUT2D eigenvalue weighted by Gasteiger charge is 2.14. The Morgan fingerprint density at radius 1 is 1.22 bits per heavy atom. The average molecular weight is 266 g/mol. The third-order valence-electron chi connectivity index (χ3n) is 2.75. The summed E-state index contributed by atoms with van der Waals surface area (Å²) in [6.07, 6.45) is 0. The maximum atomic E-state index is 13.9. The lowest BCUT2D eigenvalue weighted by Crippen LogP contribution is -2.13. The van der Waals surface area contributed by atoms with E-state index in [1.54, 1.807) is 30.3 Å². The standard InChI is InChI=1S/C14H13ClFNO/c1-18-11-5-6-12(13(16)8-11)14(17)9-3-2-4-10(15)7-9/h2-8,14H,17H2,1H3. The van der Waals surface area contributed by atoms with Gasteiger partial charge in [-0.15, -0.1) is 0 Å². The molecule has 1 atom stereocenters. The SMILES string of the molecule is COc1ccc(C(N)c2cccc(Cl)c2)c(F)c1. The van der Waals surface area contributed by atoms with Gasteiger partial charge in [0.15, 0.2) is 0 Å². The number of ether oxygens (including phenoxy) is 1. The van der Waals surface area contributed by atoms with Gasteiger partial charge < -0.3 is 10.5 Å². The molecule has 0 heterocycles. The minimum Gasteiger partial charge on any atom is -0.497 e. The van der Waals surface area contributed by atoms with Gasteiger partial charge in [-0.3, -0.25) is 0 Å². The maximum Gasteiger partial charge on any atom is 0.132 e. The predicted molar refractivity (Wildman–Crippen MR) is 70.4 cm³/mol. The van der Waals surface area contributed by atoms with Crippen molar-refractivity contribution in [3.8, 4) is 5.75 Å². The molecule has 0 fully saturated rings. The molecule has 0 amide bonds. The van der Waals surface area contributed by atoms with Crippen LogP contribution in [0.25, 0.3) is 0 Å². The fraction of sp³-hybridized carbons (Fsp3) is 0.143. The van der Waals surface area contributed by atoms with Crippen LogP contribution in [-0.4, -0.2) is 7.11 Å². The first-order valence-corrected chi connectivity index (χ1v) is 5.84.